The SMILES string of the molecule is [2H]C([2H])([2H])C([2H])([2H])C([2H])([2H])C([2H])([2H])C([2H])([2H])C([2H])([2H])C([2H])([2H])C([2H])([2H])C([2H])([2H])C([2H])([2H])C([2H])([2H])Br. The molecule has 0 saturated heterocycles. The largest absolute Gasteiger partial charge is 0.0928 e. The summed E-state index contributed by atoms with van der Waals surface area (Å²) in [6, 6.07) is 0. The summed E-state index contributed by atoms with van der Waals surface area (Å²) in [5.41, 5.74) is 0. The first-order valence-electron chi connectivity index (χ1n) is 14.2. The Hall–Kier alpha value is 0.480. The molecular weight excluding hydrogens is 212 g/mol. The summed E-state index contributed by atoms with van der Waals surface area (Å²) in [5.74, 6) is 0. The number of hydrogen-bond acceptors (Lipinski definition) is 0. The summed E-state index contributed by atoms with van der Waals surface area (Å²) in [4.78, 5) is 0. The van der Waals surface area contributed by atoms with Gasteiger partial charge in [0.15, 0.2) is 0 Å². The molecule has 0 rings (SSSR count). The number of rotatable bonds is 9. The maximum atomic E-state index is 7.94. The van der Waals surface area contributed by atoms with Gasteiger partial charge in [-0.2, -0.15) is 0 Å². The first kappa shape index (κ1) is 1.38. The Morgan fingerprint density at radius 3 is 1.92 bits per heavy atom. The van der Waals surface area contributed by atoms with Crippen LogP contribution in [0.2, 0.25) is 0 Å². The van der Waals surface area contributed by atoms with Gasteiger partial charge < -0.3 is 0 Å². The highest BCUT2D eigenvalue weighted by Crippen LogP contribution is 2.09. The lowest BCUT2D eigenvalue weighted by Gasteiger charge is -1.99. The van der Waals surface area contributed by atoms with Crippen molar-refractivity contribution in [3.05, 3.63) is 0 Å². The molecular formula is C11H23Br. The van der Waals surface area contributed by atoms with Crippen LogP contribution < -0.4 is 0 Å². The smallest absolute Gasteiger partial charge is 0.0387 e. The van der Waals surface area contributed by atoms with Crippen LogP contribution in [0.1, 0.15) is 95.7 Å². The maximum Gasteiger partial charge on any atom is 0.0387 e. The van der Waals surface area contributed by atoms with Crippen molar-refractivity contribution in [2.24, 2.45) is 0 Å². The van der Waals surface area contributed by atoms with E-state index in [4.69, 9.17) is 31.5 Å². The number of halogens is 1. The highest BCUT2D eigenvalue weighted by atomic mass is 79.9. The molecule has 0 aliphatic carbocycles. The molecule has 0 aromatic carbocycles. The Kier molecular flexibility index (Phi) is 1.32. The second-order valence-corrected chi connectivity index (χ2v) is 1.62. The van der Waals surface area contributed by atoms with Crippen molar-refractivity contribution < 1.29 is 31.5 Å². The molecule has 0 unspecified atom stereocenters. The van der Waals surface area contributed by atoms with Gasteiger partial charge in [0.2, 0.25) is 0 Å². The zero-order valence-corrected chi connectivity index (χ0v) is 7.46. The third-order valence-corrected chi connectivity index (χ3v) is 0.745. The minimum absolute atomic E-state index is 2.14. The van der Waals surface area contributed by atoms with Crippen molar-refractivity contribution in [3.63, 3.8) is 0 Å². The van der Waals surface area contributed by atoms with Gasteiger partial charge >= 0.3 is 0 Å². The maximum absolute atomic E-state index is 7.94. The molecule has 0 radical (unpaired) electrons. The first-order chi connectivity index (χ1) is 14.5. The average Bonchev–Trinajstić information content (AvgIpc) is 2.58. The van der Waals surface area contributed by atoms with Crippen molar-refractivity contribution in [3.8, 4) is 0 Å². The molecule has 0 aromatic heterocycles. The number of alkyl halides is 1. The summed E-state index contributed by atoms with van der Waals surface area (Å²) in [7, 11) is 0. The third-order valence-electron chi connectivity index (χ3n) is 0.547. The van der Waals surface area contributed by atoms with Crippen molar-refractivity contribution in [1.29, 1.82) is 0 Å². The standard InChI is InChI=1S/C11H23Br/c1-2-3-4-5-6-7-8-9-10-11-12/h2-11H2,1H3/i1D3,2D2,3D2,4D2,5D2,6D2,7D2,8D2,9D2,10D2,11D2. The molecule has 0 saturated carbocycles. The Morgan fingerprint density at radius 1 is 0.917 bits per heavy atom. The van der Waals surface area contributed by atoms with Crippen LogP contribution in [0.5, 0.6) is 0 Å². The van der Waals surface area contributed by atoms with Gasteiger partial charge in [-0.15, -0.1) is 0 Å². The van der Waals surface area contributed by atoms with Crippen LogP contribution in [0.15, 0.2) is 0 Å². The van der Waals surface area contributed by atoms with E-state index < -0.39 is 69.5 Å². The zero-order valence-electron chi connectivity index (χ0n) is 28.9. The number of hydrogen-bond donors (Lipinski definition) is 0. The second kappa shape index (κ2) is 11.5. The molecule has 0 aromatic rings. The molecule has 0 N–H and O–H groups in total. The lowest BCUT2D eigenvalue weighted by Crippen LogP contribution is -1.81. The van der Waals surface area contributed by atoms with Crippen molar-refractivity contribution in [2.75, 3.05) is 5.28 Å². The monoisotopic (exact) mass is 257 g/mol. The Balaban J connectivity index is 7.15. The van der Waals surface area contributed by atoms with Crippen LogP contribution in [0, 0.1) is 0 Å². The van der Waals surface area contributed by atoms with Gasteiger partial charge in [0.1, 0.15) is 0 Å². The highest BCUT2D eigenvalue weighted by Gasteiger charge is 1.90. The lowest BCUT2D eigenvalue weighted by atomic mass is 10.1. The van der Waals surface area contributed by atoms with Crippen molar-refractivity contribution in [1.82, 2.24) is 0 Å². The van der Waals surface area contributed by atoms with Gasteiger partial charge in [0.25, 0.3) is 0 Å². The topological polar surface area (TPSA) is 0 Å². The van der Waals surface area contributed by atoms with Crippen LogP contribution in [0.25, 0.3) is 0 Å². The predicted molar refractivity (Wildman–Crippen MR) is 61.0 cm³/mol. The molecule has 0 bridgehead atoms. The summed E-state index contributed by atoms with van der Waals surface area (Å²) < 4.78 is 177. The molecule has 0 aliphatic rings. The van der Waals surface area contributed by atoms with E-state index in [1.54, 1.807) is 0 Å². The van der Waals surface area contributed by atoms with Gasteiger partial charge in [-0.3, -0.25) is 0 Å². The Bertz CT molecular complexity index is 716. The molecule has 0 heterocycles. The Labute approximate surface area is 119 Å². The summed E-state index contributed by atoms with van der Waals surface area (Å²) in [6.07, 6.45) is -39.9. The van der Waals surface area contributed by atoms with E-state index in [9.17, 15) is 0 Å². The molecule has 0 atom stereocenters. The van der Waals surface area contributed by atoms with E-state index in [0.717, 1.165) is 0 Å². The summed E-state index contributed by atoms with van der Waals surface area (Å²) in [6.45, 7) is -3.94. The summed E-state index contributed by atoms with van der Waals surface area (Å²) in [5, 5.41) is -3.39. The third kappa shape index (κ3) is 10.5. The minimum atomic E-state index is -4.66. The van der Waals surface area contributed by atoms with Crippen molar-refractivity contribution >= 4 is 15.9 Å². The predicted octanol–water partition coefficient (Wildman–Crippen LogP) is 4.91. The molecule has 1 heteroatoms. The zero-order chi connectivity index (χ0) is 29.5. The highest BCUT2D eigenvalue weighted by molar-refractivity contribution is 9.09. The molecule has 74 valence electrons. The van der Waals surface area contributed by atoms with Gasteiger partial charge in [-0.05, 0) is 6.37 Å². The fourth-order valence-corrected chi connectivity index (χ4v) is 0.341. The molecule has 12 heavy (non-hydrogen) atoms. The van der Waals surface area contributed by atoms with Crippen molar-refractivity contribution in [2.45, 2.75) is 64.2 Å². The average molecular weight is 258 g/mol. The van der Waals surface area contributed by atoms with Gasteiger partial charge in [-0.1, -0.05) is 73.8 Å². The van der Waals surface area contributed by atoms with E-state index in [0.29, 0.717) is 0 Å². The molecule has 0 fully saturated rings. The fourth-order valence-electron chi connectivity index (χ4n) is 0.242. The van der Waals surface area contributed by atoms with Gasteiger partial charge in [0.05, 0.1) is 0 Å². The van der Waals surface area contributed by atoms with Gasteiger partial charge in [0, 0.05) is 36.8 Å². The summed E-state index contributed by atoms with van der Waals surface area (Å²) >= 11 is 2.14. The van der Waals surface area contributed by atoms with E-state index in [1.165, 1.54) is 0 Å². The minimum Gasteiger partial charge on any atom is -0.0928 e. The molecule has 0 aliphatic heterocycles. The normalized spacial score (nSPS) is 51.9. The second-order valence-electron chi connectivity index (χ2n) is 1.22. The molecule has 0 nitrogen and oxygen atoms in total. The van der Waals surface area contributed by atoms with E-state index in [1.807, 2.05) is 0 Å². The molecule has 0 spiro atoms. The van der Waals surface area contributed by atoms with E-state index in [2.05, 4.69) is 15.9 Å². The van der Waals surface area contributed by atoms with Crippen LogP contribution in [0.4, 0.5) is 0 Å². The fraction of sp³-hybridized carbons (Fsp3) is 1.00. The van der Waals surface area contributed by atoms with Crippen LogP contribution in [-0.4, -0.2) is 5.28 Å². The van der Waals surface area contributed by atoms with Gasteiger partial charge in [-0.25, -0.2) is 0 Å². The Morgan fingerprint density at radius 2 is 1.42 bits per heavy atom. The van der Waals surface area contributed by atoms with Crippen LogP contribution in [-0.2, 0) is 0 Å². The quantitative estimate of drug-likeness (QED) is 0.515. The lowest BCUT2D eigenvalue weighted by molar-refractivity contribution is 0.573. The van der Waals surface area contributed by atoms with E-state index in [-0.39, 0.29) is 0 Å². The molecule has 0 amide bonds. The van der Waals surface area contributed by atoms with Crippen LogP contribution >= 0.6 is 15.9 Å². The first-order valence-corrected chi connectivity index (χ1v) is 3.48. The van der Waals surface area contributed by atoms with E-state index >= 15 is 0 Å². The van der Waals surface area contributed by atoms with Crippen LogP contribution in [0.3, 0.4) is 0 Å².